The van der Waals surface area contributed by atoms with Crippen LogP contribution in [0.4, 0.5) is 13.6 Å². The first-order valence-electron chi connectivity index (χ1n) is 10.6. The van der Waals surface area contributed by atoms with Crippen LogP contribution in [0.2, 0.25) is 0 Å². The van der Waals surface area contributed by atoms with Crippen LogP contribution in [0.25, 0.3) is 0 Å². The van der Waals surface area contributed by atoms with Crippen molar-refractivity contribution in [2.24, 2.45) is 0 Å². The number of amides is 2. The first kappa shape index (κ1) is 23.6. The van der Waals surface area contributed by atoms with Crippen molar-refractivity contribution in [2.75, 3.05) is 13.1 Å². The zero-order valence-electron chi connectivity index (χ0n) is 18.5. The number of rotatable bonds is 6. The van der Waals surface area contributed by atoms with Crippen LogP contribution in [0.5, 0.6) is 5.75 Å². The summed E-state index contributed by atoms with van der Waals surface area (Å²) < 4.78 is 37.0. The van der Waals surface area contributed by atoms with Crippen LogP contribution >= 0.6 is 0 Å². The maximum absolute atomic E-state index is 12.8. The summed E-state index contributed by atoms with van der Waals surface area (Å²) in [5.41, 5.74) is 0.399. The molecule has 1 aliphatic heterocycles. The molecule has 3 rings (SSSR count). The zero-order valence-corrected chi connectivity index (χ0v) is 18.5. The molecule has 0 unspecified atom stereocenters. The summed E-state index contributed by atoms with van der Waals surface area (Å²) >= 11 is 0. The van der Waals surface area contributed by atoms with Gasteiger partial charge in [-0.05, 0) is 51.8 Å². The number of carbonyl (C=O) groups excluding carboxylic acids is 2. The summed E-state index contributed by atoms with van der Waals surface area (Å²) in [7, 11) is 0. The number of halogens is 2. The van der Waals surface area contributed by atoms with E-state index in [1.54, 1.807) is 35.2 Å². The monoisotopic (exact) mass is 449 g/mol. The zero-order chi connectivity index (χ0) is 23.3. The van der Waals surface area contributed by atoms with Crippen molar-refractivity contribution in [3.05, 3.63) is 53.9 Å². The first-order valence-corrected chi connectivity index (χ1v) is 10.6. The molecule has 1 aliphatic rings. The molecule has 1 saturated heterocycles. The number of nitrogens with zero attached hydrogens (tertiary/aromatic N) is 2. The van der Waals surface area contributed by atoms with E-state index in [1.807, 2.05) is 31.5 Å². The SMILES string of the molecule is CC(C)(C)OC(=O)N1CCC(n2cccc2C(=O)NCc2ccccc2OC(F)F)CC1. The van der Waals surface area contributed by atoms with Gasteiger partial charge in [0.1, 0.15) is 17.0 Å². The van der Waals surface area contributed by atoms with Gasteiger partial charge in [-0.25, -0.2) is 4.79 Å². The molecular formula is C23H29F2N3O4. The van der Waals surface area contributed by atoms with Crippen LogP contribution < -0.4 is 10.1 Å². The highest BCUT2D eigenvalue weighted by molar-refractivity contribution is 5.92. The second kappa shape index (κ2) is 10.0. The van der Waals surface area contributed by atoms with Crippen molar-refractivity contribution in [1.82, 2.24) is 14.8 Å². The normalized spacial score (nSPS) is 15.0. The third kappa shape index (κ3) is 6.21. The van der Waals surface area contributed by atoms with Gasteiger partial charge in [0.2, 0.25) is 0 Å². The van der Waals surface area contributed by atoms with Gasteiger partial charge >= 0.3 is 12.7 Å². The number of ether oxygens (including phenoxy) is 2. The first-order chi connectivity index (χ1) is 15.1. The maximum atomic E-state index is 12.8. The van der Waals surface area contributed by atoms with E-state index in [1.165, 1.54) is 6.07 Å². The number of alkyl halides is 2. The van der Waals surface area contributed by atoms with Crippen molar-refractivity contribution in [3.63, 3.8) is 0 Å². The minimum Gasteiger partial charge on any atom is -0.444 e. The molecule has 0 spiro atoms. The van der Waals surface area contributed by atoms with Crippen LogP contribution in [0.3, 0.4) is 0 Å². The number of carbonyl (C=O) groups is 2. The van der Waals surface area contributed by atoms with Crippen molar-refractivity contribution in [2.45, 2.75) is 58.4 Å². The molecular weight excluding hydrogens is 420 g/mol. The molecule has 1 aromatic heterocycles. The van der Waals surface area contributed by atoms with Gasteiger partial charge in [0.05, 0.1) is 0 Å². The number of hydrogen-bond acceptors (Lipinski definition) is 4. The Kier molecular flexibility index (Phi) is 7.37. The number of para-hydroxylation sites is 1. The van der Waals surface area contributed by atoms with Crippen molar-refractivity contribution < 1.29 is 27.8 Å². The Hall–Kier alpha value is -3.10. The highest BCUT2D eigenvalue weighted by atomic mass is 19.3. The molecule has 0 aliphatic carbocycles. The van der Waals surface area contributed by atoms with Crippen LogP contribution in [0.1, 0.15) is 55.7 Å². The Bertz CT molecular complexity index is 931. The lowest BCUT2D eigenvalue weighted by Gasteiger charge is -2.34. The van der Waals surface area contributed by atoms with Crippen LogP contribution in [0, 0.1) is 0 Å². The fraction of sp³-hybridized carbons (Fsp3) is 0.478. The van der Waals surface area contributed by atoms with Crippen LogP contribution in [-0.2, 0) is 11.3 Å². The van der Waals surface area contributed by atoms with Gasteiger partial charge in [-0.1, -0.05) is 18.2 Å². The highest BCUT2D eigenvalue weighted by Crippen LogP contribution is 2.26. The number of nitrogens with one attached hydrogen (secondary N) is 1. The van der Waals surface area contributed by atoms with Crippen molar-refractivity contribution >= 4 is 12.0 Å². The average Bonchev–Trinajstić information content (AvgIpc) is 3.21. The number of aromatic nitrogens is 1. The Labute approximate surface area is 186 Å². The van der Waals surface area contributed by atoms with E-state index < -0.39 is 12.2 Å². The molecule has 1 fully saturated rings. The smallest absolute Gasteiger partial charge is 0.410 e. The molecule has 2 aromatic rings. The van der Waals surface area contributed by atoms with Gasteiger partial charge in [0.25, 0.3) is 5.91 Å². The molecule has 174 valence electrons. The summed E-state index contributed by atoms with van der Waals surface area (Å²) in [5, 5.41) is 2.78. The van der Waals surface area contributed by atoms with E-state index in [4.69, 9.17) is 4.74 Å². The van der Waals surface area contributed by atoms with Crippen molar-refractivity contribution in [1.29, 1.82) is 0 Å². The third-order valence-corrected chi connectivity index (χ3v) is 5.15. The second-order valence-electron chi connectivity index (χ2n) is 8.67. The van der Waals surface area contributed by atoms with Gasteiger partial charge in [0.15, 0.2) is 0 Å². The summed E-state index contributed by atoms with van der Waals surface area (Å²) in [6.45, 7) is 3.70. The fourth-order valence-electron chi connectivity index (χ4n) is 3.68. The molecule has 9 heteroatoms. The highest BCUT2D eigenvalue weighted by Gasteiger charge is 2.28. The molecule has 2 amide bonds. The Morgan fingerprint density at radius 2 is 1.81 bits per heavy atom. The van der Waals surface area contributed by atoms with Crippen molar-refractivity contribution in [3.8, 4) is 5.75 Å². The Morgan fingerprint density at radius 3 is 2.47 bits per heavy atom. The third-order valence-electron chi connectivity index (χ3n) is 5.15. The molecule has 2 heterocycles. The van der Waals surface area contributed by atoms with Crippen LogP contribution in [0.15, 0.2) is 42.6 Å². The molecule has 7 nitrogen and oxygen atoms in total. The standard InChI is InChI=1S/C23H29F2N3O4/c1-23(2,3)32-22(30)27-13-10-17(11-14-27)28-12-6-8-18(28)20(29)26-15-16-7-4-5-9-19(16)31-21(24)25/h4-9,12,17,21H,10-11,13-15H2,1-3H3,(H,26,29). The average molecular weight is 449 g/mol. The van der Waals surface area contributed by atoms with Gasteiger partial charge < -0.3 is 24.3 Å². The molecule has 0 atom stereocenters. The predicted octanol–water partition coefficient (Wildman–Crippen LogP) is 4.59. The van der Waals surface area contributed by atoms with E-state index in [0.717, 1.165) is 0 Å². The number of hydrogen-bond donors (Lipinski definition) is 1. The van der Waals surface area contributed by atoms with E-state index >= 15 is 0 Å². The minimum atomic E-state index is -2.93. The van der Waals surface area contributed by atoms with E-state index in [2.05, 4.69) is 10.1 Å². The summed E-state index contributed by atoms with van der Waals surface area (Å²) in [6, 6.07) is 9.94. The topological polar surface area (TPSA) is 72.8 Å². The molecule has 0 bridgehead atoms. The fourth-order valence-corrected chi connectivity index (χ4v) is 3.68. The molecule has 0 radical (unpaired) electrons. The number of piperidine rings is 1. The van der Waals surface area contributed by atoms with Crippen LogP contribution in [-0.4, -0.2) is 46.8 Å². The van der Waals surface area contributed by atoms with E-state index in [-0.39, 0.29) is 30.3 Å². The van der Waals surface area contributed by atoms with E-state index in [0.29, 0.717) is 37.2 Å². The predicted molar refractivity (Wildman–Crippen MR) is 115 cm³/mol. The molecule has 1 aromatic carbocycles. The van der Waals surface area contributed by atoms with Gasteiger partial charge in [0, 0.05) is 37.4 Å². The Balaban J connectivity index is 1.59. The van der Waals surface area contributed by atoms with Gasteiger partial charge in [-0.3, -0.25) is 4.79 Å². The van der Waals surface area contributed by atoms with E-state index in [9.17, 15) is 18.4 Å². The molecule has 32 heavy (non-hydrogen) atoms. The molecule has 1 N–H and O–H groups in total. The van der Waals surface area contributed by atoms with Gasteiger partial charge in [-0.2, -0.15) is 8.78 Å². The maximum Gasteiger partial charge on any atom is 0.410 e. The second-order valence-corrected chi connectivity index (χ2v) is 8.67. The molecule has 0 saturated carbocycles. The summed E-state index contributed by atoms with van der Waals surface area (Å²) in [4.78, 5) is 26.8. The van der Waals surface area contributed by atoms with Gasteiger partial charge in [-0.15, -0.1) is 0 Å². The minimum absolute atomic E-state index is 0.0349. The lowest BCUT2D eigenvalue weighted by molar-refractivity contribution is -0.0504. The summed E-state index contributed by atoms with van der Waals surface area (Å²) in [6.07, 6.45) is 2.90. The summed E-state index contributed by atoms with van der Waals surface area (Å²) in [5.74, 6) is -0.274. The Morgan fingerprint density at radius 1 is 1.12 bits per heavy atom. The largest absolute Gasteiger partial charge is 0.444 e. The number of likely N-dealkylation sites (tertiary alicyclic amines) is 1. The lowest BCUT2D eigenvalue weighted by atomic mass is 10.0. The number of benzene rings is 1. The lowest BCUT2D eigenvalue weighted by Crippen LogP contribution is -2.42. The quantitative estimate of drug-likeness (QED) is 0.700.